The van der Waals surface area contributed by atoms with E-state index < -0.39 is 0 Å². The van der Waals surface area contributed by atoms with Gasteiger partial charge in [-0.15, -0.1) is 11.3 Å². The zero-order valence-corrected chi connectivity index (χ0v) is 15.8. The Morgan fingerprint density at radius 2 is 1.43 bits per heavy atom. The Balaban J connectivity index is 1.83. The molecule has 0 saturated heterocycles. The van der Waals surface area contributed by atoms with E-state index in [-0.39, 0.29) is 0 Å². The highest BCUT2D eigenvalue weighted by Gasteiger charge is 2.19. The van der Waals surface area contributed by atoms with Gasteiger partial charge >= 0.3 is 0 Å². The van der Waals surface area contributed by atoms with E-state index in [0.29, 0.717) is 0 Å². The maximum atomic E-state index is 2.43. The topological polar surface area (TPSA) is 4.93 Å². The Hall–Kier alpha value is -3.36. The van der Waals surface area contributed by atoms with Crippen molar-refractivity contribution in [2.24, 2.45) is 0 Å². The lowest BCUT2D eigenvalue weighted by Gasteiger charge is -2.10. The van der Waals surface area contributed by atoms with E-state index >= 15 is 0 Å². The second-order valence-electron chi connectivity index (χ2n) is 7.40. The van der Waals surface area contributed by atoms with Crippen molar-refractivity contribution in [1.82, 2.24) is 4.57 Å². The average Bonchev–Trinajstić information content (AvgIpc) is 3.29. The Morgan fingerprint density at radius 3 is 2.36 bits per heavy atom. The fraction of sp³-hybridized carbons (Fsp3) is 0. The smallest absolute Gasteiger partial charge is 0.0620 e. The zero-order valence-electron chi connectivity index (χ0n) is 15.0. The van der Waals surface area contributed by atoms with Crippen LogP contribution in [0.1, 0.15) is 0 Å². The molecule has 0 saturated carbocycles. The molecule has 0 fully saturated rings. The van der Waals surface area contributed by atoms with Crippen LogP contribution in [0.15, 0.2) is 91.0 Å². The van der Waals surface area contributed by atoms with Crippen molar-refractivity contribution >= 4 is 64.1 Å². The van der Waals surface area contributed by atoms with Gasteiger partial charge in [-0.2, -0.15) is 0 Å². The van der Waals surface area contributed by atoms with E-state index in [2.05, 4.69) is 95.6 Å². The molecule has 0 aliphatic carbocycles. The van der Waals surface area contributed by atoms with Gasteiger partial charge < -0.3 is 4.57 Å². The van der Waals surface area contributed by atoms with Crippen molar-refractivity contribution in [3.63, 3.8) is 0 Å². The lowest BCUT2D eigenvalue weighted by molar-refractivity contribution is 1.19. The summed E-state index contributed by atoms with van der Waals surface area (Å²) in [5, 5.41) is 8.14. The van der Waals surface area contributed by atoms with Gasteiger partial charge in [0, 0.05) is 42.0 Å². The Labute approximate surface area is 165 Å². The lowest BCUT2D eigenvalue weighted by Crippen LogP contribution is -1.93. The van der Waals surface area contributed by atoms with E-state index in [4.69, 9.17) is 0 Å². The minimum atomic E-state index is 1.21. The maximum Gasteiger partial charge on any atom is 0.0620 e. The zero-order chi connectivity index (χ0) is 18.2. The first kappa shape index (κ1) is 14.7. The molecule has 0 radical (unpaired) electrons. The van der Waals surface area contributed by atoms with E-state index in [0.717, 1.165) is 0 Å². The van der Waals surface area contributed by atoms with Crippen LogP contribution in [0.4, 0.5) is 0 Å². The van der Waals surface area contributed by atoms with Crippen LogP contribution in [0.25, 0.3) is 58.4 Å². The van der Waals surface area contributed by atoms with Gasteiger partial charge in [0.2, 0.25) is 0 Å². The number of fused-ring (bicyclic) bond motifs is 4. The summed E-state index contributed by atoms with van der Waals surface area (Å²) < 4.78 is 5.19. The van der Waals surface area contributed by atoms with Crippen molar-refractivity contribution < 1.29 is 0 Å². The molecule has 0 spiro atoms. The quantitative estimate of drug-likeness (QED) is 0.259. The number of aromatic nitrogens is 1. The first-order chi connectivity index (χ1) is 13.9. The molecule has 0 aliphatic heterocycles. The predicted molar refractivity (Wildman–Crippen MR) is 122 cm³/mol. The summed E-state index contributed by atoms with van der Waals surface area (Å²) in [6.07, 6.45) is 0. The second-order valence-corrected chi connectivity index (χ2v) is 8.49. The molecule has 0 bridgehead atoms. The Morgan fingerprint density at radius 1 is 0.571 bits per heavy atom. The van der Waals surface area contributed by atoms with Gasteiger partial charge in [-0.25, -0.2) is 0 Å². The highest BCUT2D eigenvalue weighted by molar-refractivity contribution is 7.26. The largest absolute Gasteiger partial charge is 0.309 e. The maximum absolute atomic E-state index is 2.43. The van der Waals surface area contributed by atoms with Gasteiger partial charge in [0.05, 0.1) is 11.0 Å². The van der Waals surface area contributed by atoms with Crippen molar-refractivity contribution in [3.8, 4) is 5.69 Å². The third kappa shape index (κ3) is 1.71. The Kier molecular flexibility index (Phi) is 2.68. The number of thiophene rings is 1. The molecule has 0 unspecified atom stereocenters. The molecule has 0 amide bonds. The van der Waals surface area contributed by atoms with Crippen LogP contribution >= 0.6 is 11.3 Å². The molecule has 0 atom stereocenters. The molecule has 7 aromatic rings. The first-order valence-electron chi connectivity index (χ1n) is 9.55. The molecule has 0 N–H and O–H groups in total. The monoisotopic (exact) mass is 373 g/mol. The summed E-state index contributed by atoms with van der Waals surface area (Å²) in [5.74, 6) is 0. The summed E-state index contributed by atoms with van der Waals surface area (Å²) in [6, 6.07) is 33.1. The van der Waals surface area contributed by atoms with E-state index in [9.17, 15) is 0 Å². The van der Waals surface area contributed by atoms with Gasteiger partial charge in [-0.05, 0) is 35.7 Å². The molecular formula is C26H15NS. The van der Waals surface area contributed by atoms with Crippen LogP contribution in [0.3, 0.4) is 0 Å². The van der Waals surface area contributed by atoms with Crippen molar-refractivity contribution in [1.29, 1.82) is 0 Å². The highest BCUT2D eigenvalue weighted by atomic mass is 32.1. The average molecular weight is 373 g/mol. The molecule has 2 heteroatoms. The molecular weight excluding hydrogens is 358 g/mol. The van der Waals surface area contributed by atoms with Gasteiger partial charge in [0.1, 0.15) is 0 Å². The molecule has 1 nitrogen and oxygen atoms in total. The van der Waals surface area contributed by atoms with Crippen LogP contribution in [0.5, 0.6) is 0 Å². The van der Waals surface area contributed by atoms with Crippen molar-refractivity contribution in [2.45, 2.75) is 0 Å². The number of rotatable bonds is 1. The second kappa shape index (κ2) is 5.12. The summed E-state index contributed by atoms with van der Waals surface area (Å²) in [4.78, 5) is 0. The molecule has 7 rings (SSSR count). The van der Waals surface area contributed by atoms with Crippen LogP contribution < -0.4 is 0 Å². The fourth-order valence-electron chi connectivity index (χ4n) is 4.81. The SMILES string of the molecule is c1ccc(-n2c3ccccc3c3cc4sc5cccc6ccc(c4c65)c32)cc1. The van der Waals surface area contributed by atoms with E-state index in [1.54, 1.807) is 0 Å². The van der Waals surface area contributed by atoms with Crippen molar-refractivity contribution in [2.75, 3.05) is 0 Å². The number of hydrogen-bond donors (Lipinski definition) is 0. The summed E-state index contributed by atoms with van der Waals surface area (Å²) in [5.41, 5.74) is 3.79. The lowest BCUT2D eigenvalue weighted by atomic mass is 9.99. The van der Waals surface area contributed by atoms with Crippen LogP contribution in [0.2, 0.25) is 0 Å². The van der Waals surface area contributed by atoms with Gasteiger partial charge in [0.25, 0.3) is 0 Å². The van der Waals surface area contributed by atoms with Crippen LogP contribution in [0, 0.1) is 0 Å². The van der Waals surface area contributed by atoms with E-state index in [1.807, 2.05) is 11.3 Å². The molecule has 5 aromatic carbocycles. The molecule has 28 heavy (non-hydrogen) atoms. The van der Waals surface area contributed by atoms with Gasteiger partial charge in [-0.1, -0.05) is 60.7 Å². The number of para-hydroxylation sites is 2. The molecule has 0 aliphatic rings. The summed E-state index contributed by atoms with van der Waals surface area (Å²) in [7, 11) is 0. The predicted octanol–water partition coefficient (Wildman–Crippen LogP) is 7.74. The van der Waals surface area contributed by atoms with Gasteiger partial charge in [-0.3, -0.25) is 0 Å². The number of nitrogens with zero attached hydrogens (tertiary/aromatic N) is 1. The third-order valence-corrected chi connectivity index (χ3v) is 7.03. The number of hydrogen-bond acceptors (Lipinski definition) is 1. The van der Waals surface area contributed by atoms with Crippen LogP contribution in [-0.2, 0) is 0 Å². The first-order valence-corrected chi connectivity index (χ1v) is 10.4. The van der Waals surface area contributed by atoms with E-state index in [1.165, 1.54) is 58.4 Å². The standard InChI is InChI=1S/C26H15NS/c1-2-8-17(9-3-1)27-21-11-5-4-10-18(21)20-15-23-25-19(26(20)27)14-13-16-7-6-12-22(28-23)24(16)25/h1-15H. The summed E-state index contributed by atoms with van der Waals surface area (Å²) in [6.45, 7) is 0. The molecule has 130 valence electrons. The minimum Gasteiger partial charge on any atom is -0.309 e. The highest BCUT2D eigenvalue weighted by Crippen LogP contribution is 2.46. The third-order valence-electron chi connectivity index (χ3n) is 5.93. The Bertz CT molecular complexity index is 1650. The minimum absolute atomic E-state index is 1.21. The van der Waals surface area contributed by atoms with Crippen LogP contribution in [-0.4, -0.2) is 4.57 Å². The van der Waals surface area contributed by atoms with Gasteiger partial charge in [0.15, 0.2) is 0 Å². The molecule has 2 aromatic heterocycles. The molecule has 2 heterocycles. The summed E-state index contributed by atoms with van der Waals surface area (Å²) >= 11 is 1.91. The van der Waals surface area contributed by atoms with Crippen molar-refractivity contribution in [3.05, 3.63) is 91.0 Å². The normalized spacial score (nSPS) is 12.3. The fourth-order valence-corrected chi connectivity index (χ4v) is 6.00. The number of benzene rings is 5.